The topological polar surface area (TPSA) is 84.1 Å². The molecule has 5 nitrogen and oxygen atoms in total. The second-order valence-electron chi connectivity index (χ2n) is 5.35. The van der Waals surface area contributed by atoms with Gasteiger partial charge < -0.3 is 4.98 Å². The molecule has 3 aromatic rings. The van der Waals surface area contributed by atoms with E-state index in [0.29, 0.717) is 17.5 Å². The van der Waals surface area contributed by atoms with Gasteiger partial charge in [-0.25, -0.2) is 0 Å². The van der Waals surface area contributed by atoms with Crippen molar-refractivity contribution in [3.63, 3.8) is 0 Å². The van der Waals surface area contributed by atoms with Gasteiger partial charge in [0.05, 0.1) is 0 Å². The molecule has 0 radical (unpaired) electrons. The molecule has 4 rings (SSSR count). The maximum atomic E-state index is 12.7. The van der Waals surface area contributed by atoms with Crippen LogP contribution in [0.2, 0.25) is 0 Å². The van der Waals surface area contributed by atoms with E-state index in [-0.39, 0.29) is 17.5 Å². The van der Waals surface area contributed by atoms with Crippen LogP contribution in [0.15, 0.2) is 47.3 Å². The molecule has 1 heterocycles. The number of pyridine rings is 1. The first-order valence-electron chi connectivity index (χ1n) is 7.45. The average molecular weight is 319 g/mol. The first-order chi connectivity index (χ1) is 11.6. The first-order valence-corrected chi connectivity index (χ1v) is 7.45. The van der Waals surface area contributed by atoms with Gasteiger partial charge >= 0.3 is 6.15 Å². The van der Waals surface area contributed by atoms with Crippen LogP contribution in [0, 0.1) is 0 Å². The van der Waals surface area contributed by atoms with Gasteiger partial charge in [0, 0.05) is 33.2 Å². The summed E-state index contributed by atoms with van der Waals surface area (Å²) in [6.45, 7) is 1.97. The third kappa shape index (κ3) is 2.19. The lowest BCUT2D eigenvalue weighted by molar-refractivity contribution is -0.191. The monoisotopic (exact) mass is 319 g/mol. The quantitative estimate of drug-likeness (QED) is 0.584. The molecule has 118 valence electrons. The van der Waals surface area contributed by atoms with E-state index >= 15 is 0 Å². The summed E-state index contributed by atoms with van der Waals surface area (Å²) < 4.78 is 0. The van der Waals surface area contributed by atoms with Crippen LogP contribution in [0.3, 0.4) is 0 Å². The van der Waals surface area contributed by atoms with Crippen molar-refractivity contribution in [1.29, 1.82) is 0 Å². The summed E-state index contributed by atoms with van der Waals surface area (Å²) in [4.78, 5) is 44.2. The number of aromatic nitrogens is 1. The van der Waals surface area contributed by atoms with Gasteiger partial charge in [0.2, 0.25) is 0 Å². The fourth-order valence-corrected chi connectivity index (χ4v) is 3.26. The molecular formula is C19H13NO4. The Morgan fingerprint density at radius 2 is 1.54 bits per heavy atom. The van der Waals surface area contributed by atoms with Gasteiger partial charge in [0.25, 0.3) is 5.56 Å². The molecule has 2 aromatic carbocycles. The van der Waals surface area contributed by atoms with Crippen LogP contribution < -0.4 is 5.56 Å². The molecule has 1 aromatic heterocycles. The number of fused-ring (bicyclic) bond motifs is 2. The van der Waals surface area contributed by atoms with Crippen LogP contribution in [-0.4, -0.2) is 16.9 Å². The Morgan fingerprint density at radius 1 is 0.917 bits per heavy atom. The Morgan fingerprint density at radius 3 is 2.21 bits per heavy atom. The molecule has 0 spiro atoms. The van der Waals surface area contributed by atoms with Gasteiger partial charge in [0.15, 0.2) is 5.78 Å². The van der Waals surface area contributed by atoms with Crippen LogP contribution in [0.5, 0.6) is 0 Å². The van der Waals surface area contributed by atoms with Crippen LogP contribution >= 0.6 is 0 Å². The van der Waals surface area contributed by atoms with E-state index in [1.54, 1.807) is 0 Å². The second kappa shape index (κ2) is 6.07. The lowest BCUT2D eigenvalue weighted by Gasteiger charge is -2.21. The fraction of sp³-hybridized carbons (Fsp3) is 0.105. The van der Waals surface area contributed by atoms with E-state index < -0.39 is 0 Å². The first kappa shape index (κ1) is 15.6. The predicted molar refractivity (Wildman–Crippen MR) is 87.8 cm³/mol. The fourth-order valence-electron chi connectivity index (χ4n) is 3.26. The highest BCUT2D eigenvalue weighted by atomic mass is 16.2. The largest absolute Gasteiger partial charge is 0.373 e. The lowest BCUT2D eigenvalue weighted by atomic mass is 9.82. The standard InChI is InChI=1S/C18H13NO2.CO2/c1-2-10-15-11-6-3-4-7-12(11)17(20)13-8-5-9-14(16(13)15)19-18(10)21;2-1-3/h3-9H,2H2,1H3,(H,19,21);. The van der Waals surface area contributed by atoms with Crippen molar-refractivity contribution >= 4 is 22.8 Å². The summed E-state index contributed by atoms with van der Waals surface area (Å²) in [7, 11) is 0. The zero-order chi connectivity index (χ0) is 17.3. The minimum Gasteiger partial charge on any atom is -0.322 e. The van der Waals surface area contributed by atoms with E-state index in [4.69, 9.17) is 9.59 Å². The summed E-state index contributed by atoms with van der Waals surface area (Å²) in [5.74, 6) is 0.0257. The molecule has 1 N–H and O–H groups in total. The molecule has 5 heteroatoms. The molecule has 0 bridgehead atoms. The summed E-state index contributed by atoms with van der Waals surface area (Å²) >= 11 is 0. The summed E-state index contributed by atoms with van der Waals surface area (Å²) in [5, 5.41) is 0.873. The Hall–Kier alpha value is -3.30. The molecule has 24 heavy (non-hydrogen) atoms. The molecule has 0 fully saturated rings. The Bertz CT molecular complexity index is 1060. The normalized spacial score (nSPS) is 11.3. The molecule has 0 amide bonds. The highest BCUT2D eigenvalue weighted by molar-refractivity contribution is 6.25. The molecule has 1 aliphatic rings. The molecule has 1 aliphatic carbocycles. The molecule has 0 saturated heterocycles. The van der Waals surface area contributed by atoms with Gasteiger partial charge in [-0.1, -0.05) is 43.3 Å². The number of aromatic amines is 1. The number of nitrogens with one attached hydrogen (secondary N) is 1. The Labute approximate surface area is 136 Å². The average Bonchev–Trinajstić information content (AvgIpc) is 2.59. The maximum Gasteiger partial charge on any atom is 0.373 e. The van der Waals surface area contributed by atoms with E-state index in [1.165, 1.54) is 0 Å². The third-order valence-electron chi connectivity index (χ3n) is 4.18. The number of carbonyl (C=O) groups is 1. The van der Waals surface area contributed by atoms with Crippen molar-refractivity contribution < 1.29 is 14.4 Å². The van der Waals surface area contributed by atoms with Gasteiger partial charge in [-0.2, -0.15) is 9.59 Å². The number of carbonyl (C=O) groups excluding carboxylic acids is 3. The lowest BCUT2D eigenvalue weighted by Crippen LogP contribution is -2.19. The molecule has 0 atom stereocenters. The number of hydrogen-bond donors (Lipinski definition) is 1. The molecule has 0 saturated carbocycles. The smallest absolute Gasteiger partial charge is 0.322 e. The zero-order valence-corrected chi connectivity index (χ0v) is 12.9. The summed E-state index contributed by atoms with van der Waals surface area (Å²) in [5.41, 5.74) is 4.55. The summed E-state index contributed by atoms with van der Waals surface area (Å²) in [6, 6.07) is 13.0. The van der Waals surface area contributed by atoms with E-state index in [9.17, 15) is 9.59 Å². The SMILES string of the molecule is CCc1c2c3c(cccc3[nH]c1=O)C(=O)c1ccccc1-2.O=C=O. The Kier molecular flexibility index (Phi) is 3.94. The minimum absolute atomic E-state index is 0.0257. The number of benzene rings is 2. The van der Waals surface area contributed by atoms with E-state index in [0.717, 1.165) is 27.6 Å². The van der Waals surface area contributed by atoms with Gasteiger partial charge in [-0.05, 0) is 18.1 Å². The molecule has 0 aliphatic heterocycles. The van der Waals surface area contributed by atoms with E-state index in [2.05, 4.69) is 4.98 Å². The Balaban J connectivity index is 0.000000526. The molecule has 0 unspecified atom stereocenters. The van der Waals surface area contributed by atoms with Gasteiger partial charge in [-0.15, -0.1) is 0 Å². The van der Waals surface area contributed by atoms with Crippen LogP contribution in [-0.2, 0) is 16.0 Å². The number of hydrogen-bond acceptors (Lipinski definition) is 4. The predicted octanol–water partition coefficient (Wildman–Crippen LogP) is 2.72. The zero-order valence-electron chi connectivity index (χ0n) is 12.9. The van der Waals surface area contributed by atoms with Crippen molar-refractivity contribution in [3.8, 4) is 11.1 Å². The summed E-state index contributed by atoms with van der Waals surface area (Å²) in [6.07, 6.45) is 0.886. The van der Waals surface area contributed by atoms with Crippen molar-refractivity contribution in [3.05, 3.63) is 69.5 Å². The molecular weight excluding hydrogens is 306 g/mol. The van der Waals surface area contributed by atoms with Crippen LogP contribution in [0.25, 0.3) is 22.0 Å². The van der Waals surface area contributed by atoms with E-state index in [1.807, 2.05) is 49.4 Å². The minimum atomic E-state index is -0.0682. The number of ketones is 1. The van der Waals surface area contributed by atoms with Gasteiger partial charge in [-0.3, -0.25) is 9.59 Å². The maximum absolute atomic E-state index is 12.7. The highest BCUT2D eigenvalue weighted by Crippen LogP contribution is 2.39. The second-order valence-corrected chi connectivity index (χ2v) is 5.35. The van der Waals surface area contributed by atoms with Crippen molar-refractivity contribution in [2.24, 2.45) is 0 Å². The van der Waals surface area contributed by atoms with Crippen LogP contribution in [0.1, 0.15) is 28.4 Å². The number of H-pyrrole nitrogens is 1. The van der Waals surface area contributed by atoms with Crippen molar-refractivity contribution in [1.82, 2.24) is 4.98 Å². The third-order valence-corrected chi connectivity index (χ3v) is 4.18. The van der Waals surface area contributed by atoms with Crippen LogP contribution in [0.4, 0.5) is 0 Å². The number of rotatable bonds is 1. The highest BCUT2D eigenvalue weighted by Gasteiger charge is 2.27. The van der Waals surface area contributed by atoms with Crippen molar-refractivity contribution in [2.45, 2.75) is 13.3 Å². The van der Waals surface area contributed by atoms with Crippen molar-refractivity contribution in [2.75, 3.05) is 0 Å². The van der Waals surface area contributed by atoms with Gasteiger partial charge in [0.1, 0.15) is 0 Å².